The van der Waals surface area contributed by atoms with E-state index in [1.807, 2.05) is 12.1 Å². The summed E-state index contributed by atoms with van der Waals surface area (Å²) in [6.07, 6.45) is 1.66. The van der Waals surface area contributed by atoms with E-state index in [4.69, 9.17) is 27.7 Å². The maximum Gasteiger partial charge on any atom is 0.259 e. The zero-order valence-electron chi connectivity index (χ0n) is 9.55. The lowest BCUT2D eigenvalue weighted by Gasteiger charge is -1.98. The monoisotopic (exact) mass is 291 g/mol. The zero-order chi connectivity index (χ0) is 13.2. The van der Waals surface area contributed by atoms with Crippen molar-refractivity contribution in [1.82, 2.24) is 15.1 Å². The fourth-order valence-electron chi connectivity index (χ4n) is 1.59. The van der Waals surface area contributed by atoms with Crippen molar-refractivity contribution in [2.45, 2.75) is 0 Å². The minimum absolute atomic E-state index is 0.313. The number of nitrogens with zero attached hydrogens (tertiary/aromatic N) is 3. The number of halogens is 2. The van der Waals surface area contributed by atoms with Crippen LogP contribution in [0.4, 0.5) is 0 Å². The lowest BCUT2D eigenvalue weighted by atomic mass is 10.2. The Morgan fingerprint density at radius 2 is 1.95 bits per heavy atom. The minimum atomic E-state index is 0.313. The predicted octanol–water partition coefficient (Wildman–Crippen LogP) is 4.11. The Morgan fingerprint density at radius 3 is 2.74 bits per heavy atom. The second-order valence-corrected chi connectivity index (χ2v) is 4.61. The third kappa shape index (κ3) is 2.45. The second kappa shape index (κ2) is 4.99. The summed E-state index contributed by atoms with van der Waals surface area (Å²) in [7, 11) is 0. The molecule has 0 spiro atoms. The molecule has 0 atom stereocenters. The number of rotatable bonds is 2. The summed E-state index contributed by atoms with van der Waals surface area (Å²) in [5, 5.41) is 4.94. The van der Waals surface area contributed by atoms with Gasteiger partial charge in [0.15, 0.2) is 0 Å². The highest BCUT2D eigenvalue weighted by Crippen LogP contribution is 2.30. The van der Waals surface area contributed by atoms with Crippen LogP contribution in [-0.2, 0) is 0 Å². The standard InChI is InChI=1S/C13H7Cl2N3O/c14-8-4-5-10(15)9(7-8)13-17-12(18-19-13)11-3-1-2-6-16-11/h1-7H. The van der Waals surface area contributed by atoms with Crippen molar-refractivity contribution < 1.29 is 4.52 Å². The van der Waals surface area contributed by atoms with Crippen molar-refractivity contribution in [3.63, 3.8) is 0 Å². The van der Waals surface area contributed by atoms with Crippen LogP contribution < -0.4 is 0 Å². The van der Waals surface area contributed by atoms with Gasteiger partial charge in [0.25, 0.3) is 5.89 Å². The minimum Gasteiger partial charge on any atom is -0.334 e. The molecule has 3 rings (SSSR count). The van der Waals surface area contributed by atoms with Gasteiger partial charge >= 0.3 is 0 Å². The van der Waals surface area contributed by atoms with Gasteiger partial charge in [-0.1, -0.05) is 34.4 Å². The van der Waals surface area contributed by atoms with E-state index in [2.05, 4.69) is 15.1 Å². The Labute approximate surface area is 119 Å². The second-order valence-electron chi connectivity index (χ2n) is 3.76. The fraction of sp³-hybridized carbons (Fsp3) is 0. The highest BCUT2D eigenvalue weighted by atomic mass is 35.5. The first-order chi connectivity index (χ1) is 9.24. The summed E-state index contributed by atoms with van der Waals surface area (Å²) in [6.45, 7) is 0. The maximum atomic E-state index is 6.08. The fourth-order valence-corrected chi connectivity index (χ4v) is 1.96. The summed E-state index contributed by atoms with van der Waals surface area (Å²) in [4.78, 5) is 8.42. The maximum absolute atomic E-state index is 6.08. The summed E-state index contributed by atoms with van der Waals surface area (Å²) < 4.78 is 5.20. The van der Waals surface area contributed by atoms with Crippen molar-refractivity contribution in [2.24, 2.45) is 0 Å². The van der Waals surface area contributed by atoms with Crippen molar-refractivity contribution in [2.75, 3.05) is 0 Å². The molecule has 2 heterocycles. The van der Waals surface area contributed by atoms with E-state index in [0.29, 0.717) is 33.0 Å². The summed E-state index contributed by atoms with van der Waals surface area (Å²) in [6, 6.07) is 10.5. The van der Waals surface area contributed by atoms with Gasteiger partial charge in [-0.2, -0.15) is 4.98 Å². The van der Waals surface area contributed by atoms with E-state index in [9.17, 15) is 0 Å². The van der Waals surface area contributed by atoms with Gasteiger partial charge in [0, 0.05) is 11.2 Å². The highest BCUT2D eigenvalue weighted by Gasteiger charge is 2.14. The SMILES string of the molecule is Clc1ccc(Cl)c(-c2nc(-c3ccccn3)no2)c1. The van der Waals surface area contributed by atoms with E-state index in [1.54, 1.807) is 30.5 Å². The molecule has 0 aliphatic carbocycles. The Bertz CT molecular complexity index is 713. The third-order valence-corrected chi connectivity index (χ3v) is 3.04. The van der Waals surface area contributed by atoms with Crippen molar-refractivity contribution in [3.8, 4) is 23.0 Å². The van der Waals surface area contributed by atoms with Gasteiger partial charge in [-0.15, -0.1) is 0 Å². The van der Waals surface area contributed by atoms with E-state index < -0.39 is 0 Å². The van der Waals surface area contributed by atoms with Crippen LogP contribution in [0.25, 0.3) is 23.0 Å². The molecule has 3 aromatic rings. The molecule has 0 fully saturated rings. The molecule has 0 aliphatic heterocycles. The zero-order valence-corrected chi connectivity index (χ0v) is 11.1. The molecule has 0 amide bonds. The Morgan fingerprint density at radius 1 is 1.05 bits per heavy atom. The van der Waals surface area contributed by atoms with E-state index >= 15 is 0 Å². The quantitative estimate of drug-likeness (QED) is 0.713. The lowest BCUT2D eigenvalue weighted by molar-refractivity contribution is 0.432. The molecule has 19 heavy (non-hydrogen) atoms. The molecule has 0 bridgehead atoms. The van der Waals surface area contributed by atoms with Gasteiger partial charge in [0.1, 0.15) is 5.69 Å². The number of benzene rings is 1. The molecular weight excluding hydrogens is 285 g/mol. The molecule has 2 aromatic heterocycles. The van der Waals surface area contributed by atoms with Crippen LogP contribution in [0.1, 0.15) is 0 Å². The molecule has 4 nitrogen and oxygen atoms in total. The van der Waals surface area contributed by atoms with Gasteiger partial charge in [0.05, 0.1) is 10.6 Å². The lowest BCUT2D eigenvalue weighted by Crippen LogP contribution is -1.84. The predicted molar refractivity (Wildman–Crippen MR) is 73.0 cm³/mol. The topological polar surface area (TPSA) is 51.8 Å². The Balaban J connectivity index is 2.04. The van der Waals surface area contributed by atoms with Crippen molar-refractivity contribution in [3.05, 3.63) is 52.6 Å². The normalized spacial score (nSPS) is 10.6. The molecule has 0 saturated carbocycles. The number of pyridine rings is 1. The molecule has 0 radical (unpaired) electrons. The van der Waals surface area contributed by atoms with Crippen LogP contribution in [0, 0.1) is 0 Å². The van der Waals surface area contributed by atoms with E-state index in [-0.39, 0.29) is 0 Å². The van der Waals surface area contributed by atoms with Crippen molar-refractivity contribution in [1.29, 1.82) is 0 Å². The van der Waals surface area contributed by atoms with Crippen LogP contribution in [0.3, 0.4) is 0 Å². The third-order valence-electron chi connectivity index (χ3n) is 2.48. The molecule has 0 aliphatic rings. The summed E-state index contributed by atoms with van der Waals surface area (Å²) >= 11 is 12.0. The molecule has 0 unspecified atom stereocenters. The number of aromatic nitrogens is 3. The van der Waals surface area contributed by atoms with Gasteiger partial charge in [0.2, 0.25) is 5.82 Å². The molecule has 0 saturated heterocycles. The molecular formula is C13H7Cl2N3O. The van der Waals surface area contributed by atoms with Gasteiger partial charge < -0.3 is 4.52 Å². The Hall–Kier alpha value is -1.91. The molecule has 1 aromatic carbocycles. The average molecular weight is 292 g/mol. The van der Waals surface area contributed by atoms with Gasteiger partial charge in [-0.25, -0.2) is 0 Å². The van der Waals surface area contributed by atoms with Gasteiger partial charge in [-0.3, -0.25) is 4.98 Å². The van der Waals surface area contributed by atoms with Crippen LogP contribution in [0.15, 0.2) is 47.1 Å². The summed E-state index contributed by atoms with van der Waals surface area (Å²) in [5.74, 6) is 0.722. The summed E-state index contributed by atoms with van der Waals surface area (Å²) in [5.41, 5.74) is 1.24. The van der Waals surface area contributed by atoms with Crippen molar-refractivity contribution >= 4 is 23.2 Å². The first-order valence-corrected chi connectivity index (χ1v) is 6.20. The smallest absolute Gasteiger partial charge is 0.259 e. The number of hydrogen-bond acceptors (Lipinski definition) is 4. The van der Waals surface area contributed by atoms with Crippen LogP contribution in [0.2, 0.25) is 10.0 Å². The largest absolute Gasteiger partial charge is 0.334 e. The molecule has 94 valence electrons. The highest BCUT2D eigenvalue weighted by molar-refractivity contribution is 6.35. The van der Waals surface area contributed by atoms with Crippen LogP contribution in [0.5, 0.6) is 0 Å². The molecule has 0 N–H and O–H groups in total. The van der Waals surface area contributed by atoms with E-state index in [1.165, 1.54) is 0 Å². The average Bonchev–Trinajstić information content (AvgIpc) is 2.92. The first kappa shape index (κ1) is 12.1. The van der Waals surface area contributed by atoms with Crippen LogP contribution in [-0.4, -0.2) is 15.1 Å². The van der Waals surface area contributed by atoms with Gasteiger partial charge in [-0.05, 0) is 30.3 Å². The molecule has 6 heteroatoms. The first-order valence-electron chi connectivity index (χ1n) is 5.44. The van der Waals surface area contributed by atoms with E-state index in [0.717, 1.165) is 0 Å². The number of hydrogen-bond donors (Lipinski definition) is 0. The Kier molecular flexibility index (Phi) is 3.19. The van der Waals surface area contributed by atoms with Crippen LogP contribution >= 0.6 is 23.2 Å².